The summed E-state index contributed by atoms with van der Waals surface area (Å²) in [5.41, 5.74) is 3.32. The molecule has 4 aromatic rings. The number of hydrogen-bond donors (Lipinski definition) is 1. The molecule has 0 aliphatic heterocycles. The third-order valence-electron chi connectivity index (χ3n) is 3.55. The first-order chi connectivity index (χ1) is 11.4. The van der Waals surface area contributed by atoms with Crippen molar-refractivity contribution in [2.45, 2.75) is 6.42 Å². The Bertz CT molecular complexity index is 867. The summed E-state index contributed by atoms with van der Waals surface area (Å²) in [5.74, 6) is 0. The summed E-state index contributed by atoms with van der Waals surface area (Å²) in [6.45, 7) is 0.840. The summed E-state index contributed by atoms with van der Waals surface area (Å²) in [4.78, 5) is 9.56. The van der Waals surface area contributed by atoms with Crippen LogP contribution in [0.5, 0.6) is 0 Å². The molecule has 0 spiro atoms. The van der Waals surface area contributed by atoms with Gasteiger partial charge in [-0.15, -0.1) is 5.10 Å². The topological polar surface area (TPSA) is 55.1 Å². The van der Waals surface area contributed by atoms with E-state index in [-0.39, 0.29) is 0 Å². The molecule has 114 valence electrons. The van der Waals surface area contributed by atoms with Crippen molar-refractivity contribution in [1.82, 2.24) is 19.6 Å². The second-order valence-electron chi connectivity index (χ2n) is 5.16. The summed E-state index contributed by atoms with van der Waals surface area (Å²) in [6, 6.07) is 14.2. The van der Waals surface area contributed by atoms with E-state index < -0.39 is 0 Å². The largest absolute Gasteiger partial charge is 0.360 e. The van der Waals surface area contributed by atoms with Crippen LogP contribution in [-0.4, -0.2) is 26.1 Å². The molecule has 3 heterocycles. The van der Waals surface area contributed by atoms with Crippen molar-refractivity contribution in [2.75, 3.05) is 11.9 Å². The number of aromatic nitrogens is 4. The molecule has 0 bridgehead atoms. The van der Waals surface area contributed by atoms with E-state index in [4.69, 9.17) is 0 Å². The Kier molecular flexibility index (Phi) is 3.73. The average molecular weight is 321 g/mol. The van der Waals surface area contributed by atoms with E-state index >= 15 is 0 Å². The van der Waals surface area contributed by atoms with Crippen molar-refractivity contribution in [1.29, 1.82) is 0 Å². The maximum absolute atomic E-state index is 4.64. The number of anilines is 1. The third kappa shape index (κ3) is 3.07. The highest BCUT2D eigenvalue weighted by molar-refractivity contribution is 7.20. The molecule has 3 aromatic heterocycles. The number of nitrogens with one attached hydrogen (secondary N) is 1. The van der Waals surface area contributed by atoms with Crippen LogP contribution in [0.1, 0.15) is 5.56 Å². The Morgan fingerprint density at radius 3 is 2.65 bits per heavy atom. The first-order valence-corrected chi connectivity index (χ1v) is 8.24. The van der Waals surface area contributed by atoms with Gasteiger partial charge in [-0.1, -0.05) is 41.7 Å². The maximum atomic E-state index is 4.64. The van der Waals surface area contributed by atoms with Crippen LogP contribution in [0.15, 0.2) is 61.1 Å². The number of nitrogens with zero attached hydrogens (tertiary/aromatic N) is 4. The smallest absolute Gasteiger partial charge is 0.214 e. The summed E-state index contributed by atoms with van der Waals surface area (Å²) in [5, 5.41) is 8.78. The molecule has 1 N–H and O–H groups in total. The first-order valence-electron chi connectivity index (χ1n) is 7.43. The van der Waals surface area contributed by atoms with E-state index in [2.05, 4.69) is 32.5 Å². The van der Waals surface area contributed by atoms with Gasteiger partial charge in [-0.2, -0.15) is 0 Å². The van der Waals surface area contributed by atoms with E-state index in [1.54, 1.807) is 11.3 Å². The lowest BCUT2D eigenvalue weighted by Crippen LogP contribution is -2.04. The second kappa shape index (κ2) is 6.18. The fraction of sp³-hybridized carbons (Fsp3) is 0.118. The molecule has 0 aliphatic rings. The number of fused-ring (bicyclic) bond motifs is 1. The normalized spacial score (nSPS) is 11.0. The van der Waals surface area contributed by atoms with E-state index in [0.717, 1.165) is 34.3 Å². The minimum atomic E-state index is 0.840. The Balaban J connectivity index is 1.44. The molecule has 0 aliphatic carbocycles. The van der Waals surface area contributed by atoms with Crippen molar-refractivity contribution < 1.29 is 0 Å². The van der Waals surface area contributed by atoms with Gasteiger partial charge in [0.05, 0.1) is 11.9 Å². The molecule has 0 fully saturated rings. The van der Waals surface area contributed by atoms with Crippen LogP contribution < -0.4 is 5.32 Å². The van der Waals surface area contributed by atoms with Crippen molar-refractivity contribution in [3.8, 4) is 11.3 Å². The zero-order chi connectivity index (χ0) is 15.5. The Labute approximate surface area is 137 Å². The predicted octanol–water partition coefficient (Wildman–Crippen LogP) is 3.51. The maximum Gasteiger partial charge on any atom is 0.214 e. The monoisotopic (exact) mass is 321 g/mol. The SMILES string of the molecule is c1ccc(-c2cn3nc(NCCc4ccncc4)sc3n2)cc1. The van der Waals surface area contributed by atoms with Crippen LogP contribution in [0.4, 0.5) is 5.13 Å². The summed E-state index contributed by atoms with van der Waals surface area (Å²) in [7, 11) is 0. The van der Waals surface area contributed by atoms with Gasteiger partial charge in [0.2, 0.25) is 10.1 Å². The molecule has 0 unspecified atom stereocenters. The van der Waals surface area contributed by atoms with Crippen molar-refractivity contribution in [3.63, 3.8) is 0 Å². The van der Waals surface area contributed by atoms with E-state index in [9.17, 15) is 0 Å². The summed E-state index contributed by atoms with van der Waals surface area (Å²) in [6.07, 6.45) is 6.55. The zero-order valence-electron chi connectivity index (χ0n) is 12.4. The molecule has 1 aromatic carbocycles. The molecule has 4 rings (SSSR count). The predicted molar refractivity (Wildman–Crippen MR) is 92.7 cm³/mol. The summed E-state index contributed by atoms with van der Waals surface area (Å²) >= 11 is 1.57. The van der Waals surface area contributed by atoms with Crippen LogP contribution in [-0.2, 0) is 6.42 Å². The summed E-state index contributed by atoms with van der Waals surface area (Å²) < 4.78 is 1.84. The molecule has 6 heteroatoms. The van der Waals surface area contributed by atoms with Gasteiger partial charge in [-0.3, -0.25) is 4.98 Å². The van der Waals surface area contributed by atoms with Gasteiger partial charge in [-0.05, 0) is 24.1 Å². The lowest BCUT2D eigenvalue weighted by molar-refractivity contribution is 0.947. The highest BCUT2D eigenvalue weighted by atomic mass is 32.1. The quantitative estimate of drug-likeness (QED) is 0.611. The number of rotatable bonds is 5. The zero-order valence-corrected chi connectivity index (χ0v) is 13.2. The molecule has 0 amide bonds. The van der Waals surface area contributed by atoms with Crippen molar-refractivity contribution in [3.05, 3.63) is 66.6 Å². The molecule has 0 saturated carbocycles. The van der Waals surface area contributed by atoms with Crippen LogP contribution >= 0.6 is 11.3 Å². The van der Waals surface area contributed by atoms with Gasteiger partial charge in [0.25, 0.3) is 0 Å². The molecular formula is C17H15N5S. The Morgan fingerprint density at radius 1 is 1.04 bits per heavy atom. The number of benzene rings is 1. The van der Waals surface area contributed by atoms with Crippen LogP contribution in [0.2, 0.25) is 0 Å². The fourth-order valence-electron chi connectivity index (χ4n) is 2.38. The minimum absolute atomic E-state index is 0.840. The highest BCUT2D eigenvalue weighted by Gasteiger charge is 2.09. The van der Waals surface area contributed by atoms with Gasteiger partial charge in [0.1, 0.15) is 0 Å². The molecular weight excluding hydrogens is 306 g/mol. The van der Waals surface area contributed by atoms with Gasteiger partial charge in [-0.25, -0.2) is 9.50 Å². The number of imidazole rings is 1. The molecule has 0 radical (unpaired) electrons. The van der Waals surface area contributed by atoms with Gasteiger partial charge in [0, 0.05) is 24.5 Å². The van der Waals surface area contributed by atoms with Crippen LogP contribution in [0.25, 0.3) is 16.2 Å². The molecule has 0 atom stereocenters. The highest BCUT2D eigenvalue weighted by Crippen LogP contribution is 2.24. The third-order valence-corrected chi connectivity index (χ3v) is 4.43. The standard InChI is InChI=1S/C17H15N5S/c1-2-4-14(5-3-1)15-12-22-17(20-15)23-16(21-22)19-11-8-13-6-9-18-10-7-13/h1-7,9-10,12H,8,11H2,(H,19,21). The van der Waals surface area contributed by atoms with Gasteiger partial charge in [0.15, 0.2) is 0 Å². The Morgan fingerprint density at radius 2 is 1.87 bits per heavy atom. The second-order valence-corrected chi connectivity index (χ2v) is 6.11. The van der Waals surface area contributed by atoms with Gasteiger partial charge >= 0.3 is 0 Å². The van der Waals surface area contributed by atoms with Crippen LogP contribution in [0, 0.1) is 0 Å². The number of pyridine rings is 1. The average Bonchev–Trinajstić information content (AvgIpc) is 3.15. The minimum Gasteiger partial charge on any atom is -0.360 e. The first kappa shape index (κ1) is 13.9. The Hall–Kier alpha value is -2.73. The van der Waals surface area contributed by atoms with E-state index in [1.807, 2.05) is 53.4 Å². The van der Waals surface area contributed by atoms with Gasteiger partial charge < -0.3 is 5.32 Å². The molecule has 5 nitrogen and oxygen atoms in total. The lowest BCUT2D eigenvalue weighted by atomic mass is 10.2. The van der Waals surface area contributed by atoms with E-state index in [0.29, 0.717) is 0 Å². The molecule has 23 heavy (non-hydrogen) atoms. The van der Waals surface area contributed by atoms with E-state index in [1.165, 1.54) is 5.56 Å². The fourth-order valence-corrected chi connectivity index (χ4v) is 3.19. The molecule has 0 saturated heterocycles. The lowest BCUT2D eigenvalue weighted by Gasteiger charge is -2.01. The number of hydrogen-bond acceptors (Lipinski definition) is 5. The van der Waals surface area contributed by atoms with Crippen molar-refractivity contribution >= 4 is 21.4 Å². The van der Waals surface area contributed by atoms with Crippen molar-refractivity contribution in [2.24, 2.45) is 0 Å². The van der Waals surface area contributed by atoms with Crippen LogP contribution in [0.3, 0.4) is 0 Å².